The van der Waals surface area contributed by atoms with Crippen LogP contribution in [0.1, 0.15) is 40.0 Å². The van der Waals surface area contributed by atoms with E-state index in [1.54, 1.807) is 6.92 Å². The second-order valence-corrected chi connectivity index (χ2v) is 8.17. The van der Waals surface area contributed by atoms with Crippen molar-refractivity contribution >= 4 is 31.5 Å². The van der Waals surface area contributed by atoms with Crippen molar-refractivity contribution in [3.05, 3.63) is 61.0 Å². The number of carbonyl (C=O) groups is 4. The van der Waals surface area contributed by atoms with Crippen LogP contribution in [0.3, 0.4) is 0 Å². The van der Waals surface area contributed by atoms with Crippen LogP contribution in [0.25, 0.3) is 0 Å². The minimum Gasteiger partial charge on any atom is -0.478 e. The highest BCUT2D eigenvalue weighted by molar-refractivity contribution is 7.55. The van der Waals surface area contributed by atoms with Crippen LogP contribution in [0.15, 0.2) is 61.0 Å². The molecule has 0 aromatic heterocycles. The van der Waals surface area contributed by atoms with Crippen LogP contribution in [0, 0.1) is 0 Å². The third-order valence-corrected chi connectivity index (χ3v) is 3.76. The molecule has 13 heteroatoms. The molecule has 0 aliphatic rings. The number of unbranched alkanes of at least 4 members (excludes halogenated alkanes) is 1. The zero-order valence-corrected chi connectivity index (χ0v) is 22.7. The summed E-state index contributed by atoms with van der Waals surface area (Å²) in [5.41, 5.74) is 0.734. The Bertz CT molecular complexity index is 837. The van der Waals surface area contributed by atoms with E-state index in [2.05, 4.69) is 40.5 Å². The SMILES string of the molecule is C=C(C)C(=O)OC.C=C(CC=C(C)C(=O)O)C(=O)OCCO.C=CC(=O)OCCCC.C=CP(=O)(O)O. The van der Waals surface area contributed by atoms with Gasteiger partial charge in [-0.3, -0.25) is 4.57 Å². The molecular formula is C24H39O12P. The quantitative estimate of drug-likeness (QED) is 0.0913. The number of aliphatic hydroxyl groups excluding tert-OH is 1. The first-order chi connectivity index (χ1) is 17.0. The summed E-state index contributed by atoms with van der Waals surface area (Å²) in [6.07, 6.45) is 4.66. The fourth-order valence-corrected chi connectivity index (χ4v) is 1.24. The van der Waals surface area contributed by atoms with Crippen molar-refractivity contribution in [1.82, 2.24) is 0 Å². The molecule has 0 spiro atoms. The van der Waals surface area contributed by atoms with Gasteiger partial charge in [-0.2, -0.15) is 0 Å². The molecule has 0 aliphatic carbocycles. The normalized spacial score (nSPS) is 9.76. The molecule has 4 N–H and O–H groups in total. The summed E-state index contributed by atoms with van der Waals surface area (Å²) in [5, 5.41) is 16.9. The van der Waals surface area contributed by atoms with Crippen LogP contribution in [0.5, 0.6) is 0 Å². The molecule has 0 rings (SSSR count). The largest absolute Gasteiger partial charge is 0.478 e. The number of esters is 3. The average molecular weight is 551 g/mol. The lowest BCUT2D eigenvalue weighted by atomic mass is 10.1. The topological polar surface area (TPSA) is 194 Å². The zero-order valence-electron chi connectivity index (χ0n) is 21.8. The molecule has 0 aliphatic heterocycles. The number of aliphatic carboxylic acids is 1. The van der Waals surface area contributed by atoms with E-state index < -0.39 is 19.5 Å². The van der Waals surface area contributed by atoms with Gasteiger partial charge in [0.15, 0.2) is 0 Å². The Kier molecular flexibility index (Phi) is 28.4. The Balaban J connectivity index is -0.000000212. The third kappa shape index (κ3) is 34.9. The predicted octanol–water partition coefficient (Wildman–Crippen LogP) is 3.06. The molecule has 0 saturated heterocycles. The van der Waals surface area contributed by atoms with Crippen LogP contribution in [0.4, 0.5) is 0 Å². The molecule has 212 valence electrons. The number of carbonyl (C=O) groups excluding carboxylic acids is 3. The number of carboxylic acid groups (broad SMARTS) is 1. The molecule has 0 aromatic carbocycles. The van der Waals surface area contributed by atoms with Gasteiger partial charge in [-0.1, -0.05) is 45.7 Å². The summed E-state index contributed by atoms with van der Waals surface area (Å²) in [4.78, 5) is 57.7. The molecule has 37 heavy (non-hydrogen) atoms. The Morgan fingerprint density at radius 3 is 1.78 bits per heavy atom. The fourth-order valence-electron chi connectivity index (χ4n) is 1.24. The highest BCUT2D eigenvalue weighted by atomic mass is 31.2. The molecule has 0 amide bonds. The van der Waals surface area contributed by atoms with Crippen molar-refractivity contribution < 1.29 is 58.0 Å². The summed E-state index contributed by atoms with van der Waals surface area (Å²) in [5.74, 6) is -1.74. The first-order valence-electron chi connectivity index (χ1n) is 10.6. The number of methoxy groups -OCH3 is 1. The Hall–Kier alpha value is -3.31. The van der Waals surface area contributed by atoms with Crippen LogP contribution < -0.4 is 0 Å². The van der Waals surface area contributed by atoms with Gasteiger partial charge in [0.1, 0.15) is 6.61 Å². The van der Waals surface area contributed by atoms with Gasteiger partial charge in [0.25, 0.3) is 0 Å². The minimum absolute atomic E-state index is 0.0838. The summed E-state index contributed by atoms with van der Waals surface area (Å²) < 4.78 is 23.1. The van der Waals surface area contributed by atoms with Gasteiger partial charge in [-0.25, -0.2) is 19.2 Å². The lowest BCUT2D eigenvalue weighted by molar-refractivity contribution is -0.140. The minimum atomic E-state index is -3.88. The summed E-state index contributed by atoms with van der Waals surface area (Å²) in [6, 6.07) is 0. The third-order valence-electron chi connectivity index (χ3n) is 3.29. The van der Waals surface area contributed by atoms with Crippen molar-refractivity contribution in [3.8, 4) is 0 Å². The van der Waals surface area contributed by atoms with E-state index in [9.17, 15) is 23.7 Å². The summed E-state index contributed by atoms with van der Waals surface area (Å²) in [7, 11) is -2.55. The maximum absolute atomic E-state index is 11.1. The summed E-state index contributed by atoms with van der Waals surface area (Å²) >= 11 is 0. The number of hydrogen-bond acceptors (Lipinski definition) is 9. The smallest absolute Gasteiger partial charge is 0.348 e. The number of aliphatic hydroxyl groups is 1. The molecule has 0 saturated carbocycles. The highest BCUT2D eigenvalue weighted by Crippen LogP contribution is 2.34. The van der Waals surface area contributed by atoms with E-state index in [-0.39, 0.29) is 42.7 Å². The van der Waals surface area contributed by atoms with Gasteiger partial charge in [0.2, 0.25) is 0 Å². The van der Waals surface area contributed by atoms with Crippen molar-refractivity contribution in [3.63, 3.8) is 0 Å². The van der Waals surface area contributed by atoms with Crippen molar-refractivity contribution in [2.24, 2.45) is 0 Å². The van der Waals surface area contributed by atoms with E-state index in [0.29, 0.717) is 18.0 Å². The van der Waals surface area contributed by atoms with Gasteiger partial charge in [0.05, 0.1) is 20.3 Å². The standard InChI is InChI=1S/C10H14O5.C7H12O2.C5H8O2.C2H5O3P/c1-7(9(12)13)3-4-8(2)10(14)15-6-5-11;1-3-5-6-9-7(8)4-2;1-4(2)5(6)7-3;1-2-6(3,4)5/h3,11H,2,4-6H2,1H3,(H,12,13);4H,2-3,5-6H2,1H3;1H2,2-3H3;2H,1H2,(H2,3,4,5). The van der Waals surface area contributed by atoms with Gasteiger partial charge in [0, 0.05) is 28.6 Å². The van der Waals surface area contributed by atoms with Crippen LogP contribution in [0.2, 0.25) is 0 Å². The van der Waals surface area contributed by atoms with E-state index >= 15 is 0 Å². The first-order valence-corrected chi connectivity index (χ1v) is 12.3. The van der Waals surface area contributed by atoms with Gasteiger partial charge >= 0.3 is 31.5 Å². The second kappa shape index (κ2) is 25.8. The number of ether oxygens (including phenoxy) is 3. The Labute approximate surface area is 217 Å². The molecule has 0 unspecified atom stereocenters. The van der Waals surface area contributed by atoms with Crippen LogP contribution >= 0.6 is 7.60 Å². The number of rotatable bonds is 12. The van der Waals surface area contributed by atoms with E-state index in [0.717, 1.165) is 12.8 Å². The molecule has 0 fully saturated rings. The van der Waals surface area contributed by atoms with E-state index in [1.165, 1.54) is 26.2 Å². The molecule has 0 bridgehead atoms. The average Bonchev–Trinajstić information content (AvgIpc) is 2.85. The second-order valence-electron chi connectivity index (χ2n) is 6.63. The Morgan fingerprint density at radius 2 is 1.49 bits per heavy atom. The molecule has 0 aromatic rings. The van der Waals surface area contributed by atoms with Gasteiger partial charge in [-0.05, 0) is 26.7 Å². The van der Waals surface area contributed by atoms with E-state index in [4.69, 9.17) is 20.0 Å². The van der Waals surface area contributed by atoms with Crippen molar-refractivity contribution in [2.75, 3.05) is 26.9 Å². The van der Waals surface area contributed by atoms with E-state index in [1.807, 2.05) is 6.92 Å². The number of carboxylic acids is 1. The molecule has 12 nitrogen and oxygen atoms in total. The zero-order chi connectivity index (χ0) is 30.0. The molecule has 0 atom stereocenters. The Morgan fingerprint density at radius 1 is 0.973 bits per heavy atom. The van der Waals surface area contributed by atoms with Crippen molar-refractivity contribution in [2.45, 2.75) is 40.0 Å². The molecule has 0 heterocycles. The fraction of sp³-hybridized carbons (Fsp3) is 0.417. The van der Waals surface area contributed by atoms with Crippen LogP contribution in [-0.4, -0.2) is 70.8 Å². The maximum Gasteiger partial charge on any atom is 0.348 e. The first kappa shape index (κ1) is 40.8. The molecular weight excluding hydrogens is 511 g/mol. The lowest BCUT2D eigenvalue weighted by Gasteiger charge is -2.03. The maximum atomic E-state index is 11.1. The lowest BCUT2D eigenvalue weighted by Crippen LogP contribution is -2.10. The van der Waals surface area contributed by atoms with Crippen molar-refractivity contribution in [1.29, 1.82) is 0 Å². The number of allylic oxidation sites excluding steroid dienone is 1. The summed E-state index contributed by atoms with van der Waals surface area (Å²) in [6.45, 7) is 18.2. The van der Waals surface area contributed by atoms with Gasteiger partial charge in [-0.15, -0.1) is 0 Å². The number of hydrogen-bond donors (Lipinski definition) is 4. The highest BCUT2D eigenvalue weighted by Gasteiger charge is 2.07. The molecule has 0 radical (unpaired) electrons. The monoisotopic (exact) mass is 550 g/mol. The van der Waals surface area contributed by atoms with Crippen LogP contribution in [-0.2, 0) is 38.0 Å². The predicted molar refractivity (Wildman–Crippen MR) is 138 cm³/mol. The van der Waals surface area contributed by atoms with Gasteiger partial charge < -0.3 is 34.2 Å².